The molecule has 0 spiro atoms. The van der Waals surface area contributed by atoms with Crippen molar-refractivity contribution in [3.8, 4) is 6.07 Å². The van der Waals surface area contributed by atoms with Crippen LogP contribution in [0.4, 0.5) is 5.00 Å². The number of thiophene rings is 1. The van der Waals surface area contributed by atoms with Crippen molar-refractivity contribution in [2.75, 3.05) is 25.5 Å². The molecule has 1 atom stereocenters. The fourth-order valence-corrected chi connectivity index (χ4v) is 3.09. The number of amides is 1. The summed E-state index contributed by atoms with van der Waals surface area (Å²) in [5.74, 6) is 0.651. The Hall–Kier alpha value is -1.42. The molecule has 6 heteroatoms. The van der Waals surface area contributed by atoms with Gasteiger partial charge in [0, 0.05) is 25.6 Å². The van der Waals surface area contributed by atoms with Crippen LogP contribution < -0.4 is 11.1 Å². The first-order valence-corrected chi connectivity index (χ1v) is 7.71. The van der Waals surface area contributed by atoms with Gasteiger partial charge in [0.15, 0.2) is 0 Å². The van der Waals surface area contributed by atoms with E-state index < -0.39 is 0 Å². The SMILES string of the molecule is CN(CCC(=O)Nc1sccc1C#N)C(CN)C1CC1. The Bertz CT molecular complexity index is 504. The molecule has 1 heterocycles. The molecule has 0 bridgehead atoms. The average molecular weight is 292 g/mol. The zero-order valence-corrected chi connectivity index (χ0v) is 12.4. The molecule has 1 aliphatic rings. The van der Waals surface area contributed by atoms with E-state index in [0.717, 1.165) is 0 Å². The summed E-state index contributed by atoms with van der Waals surface area (Å²) in [4.78, 5) is 14.1. The molecule has 108 valence electrons. The summed E-state index contributed by atoms with van der Waals surface area (Å²) >= 11 is 1.37. The summed E-state index contributed by atoms with van der Waals surface area (Å²) in [5, 5.41) is 14.1. The van der Waals surface area contributed by atoms with Crippen LogP contribution in [0.25, 0.3) is 0 Å². The summed E-state index contributed by atoms with van der Waals surface area (Å²) in [6.45, 7) is 1.34. The number of rotatable bonds is 7. The van der Waals surface area contributed by atoms with E-state index in [-0.39, 0.29) is 5.91 Å². The van der Waals surface area contributed by atoms with Crippen molar-refractivity contribution in [2.24, 2.45) is 11.7 Å². The van der Waals surface area contributed by atoms with Crippen LogP contribution in [-0.2, 0) is 4.79 Å². The second kappa shape index (κ2) is 6.84. The minimum absolute atomic E-state index is 0.0534. The maximum absolute atomic E-state index is 11.9. The molecule has 1 saturated carbocycles. The van der Waals surface area contributed by atoms with Gasteiger partial charge >= 0.3 is 0 Å². The minimum atomic E-state index is -0.0534. The Kier molecular flexibility index (Phi) is 5.12. The molecule has 5 nitrogen and oxygen atoms in total. The Balaban J connectivity index is 1.79. The van der Waals surface area contributed by atoms with E-state index in [0.29, 0.717) is 42.0 Å². The molecule has 20 heavy (non-hydrogen) atoms. The van der Waals surface area contributed by atoms with Crippen LogP contribution in [-0.4, -0.2) is 37.0 Å². The van der Waals surface area contributed by atoms with Crippen LogP contribution in [0.3, 0.4) is 0 Å². The van der Waals surface area contributed by atoms with Gasteiger partial charge in [-0.25, -0.2) is 0 Å². The summed E-state index contributed by atoms with van der Waals surface area (Å²) in [7, 11) is 2.02. The summed E-state index contributed by atoms with van der Waals surface area (Å²) in [6, 6.07) is 4.17. The highest BCUT2D eigenvalue weighted by Crippen LogP contribution is 2.34. The summed E-state index contributed by atoms with van der Waals surface area (Å²) in [6.07, 6.45) is 2.92. The zero-order valence-electron chi connectivity index (χ0n) is 11.6. The largest absolute Gasteiger partial charge is 0.329 e. The van der Waals surface area contributed by atoms with Gasteiger partial charge in [-0.1, -0.05) is 0 Å². The molecule has 3 N–H and O–H groups in total. The number of hydrogen-bond donors (Lipinski definition) is 2. The fraction of sp³-hybridized carbons (Fsp3) is 0.571. The molecule has 1 fully saturated rings. The highest BCUT2D eigenvalue weighted by Gasteiger charge is 2.32. The predicted octanol–water partition coefficient (Wildman–Crippen LogP) is 1.62. The van der Waals surface area contributed by atoms with Gasteiger partial charge in [0.1, 0.15) is 11.1 Å². The molecular formula is C14H20N4OS. The van der Waals surface area contributed by atoms with Crippen LogP contribution in [0.1, 0.15) is 24.8 Å². The third kappa shape index (κ3) is 3.79. The molecule has 0 aliphatic heterocycles. The van der Waals surface area contributed by atoms with Crippen molar-refractivity contribution in [2.45, 2.75) is 25.3 Å². The standard InChI is InChI=1S/C14H20N4OS/c1-18(12(9-16)10-2-3-10)6-4-13(19)17-14-11(8-15)5-7-20-14/h5,7,10,12H,2-4,6,9,16H2,1H3,(H,17,19). The quantitative estimate of drug-likeness (QED) is 0.800. The predicted molar refractivity (Wildman–Crippen MR) is 80.5 cm³/mol. The lowest BCUT2D eigenvalue weighted by molar-refractivity contribution is -0.116. The van der Waals surface area contributed by atoms with Crippen molar-refractivity contribution >= 4 is 22.2 Å². The second-order valence-corrected chi connectivity index (χ2v) is 6.11. The van der Waals surface area contributed by atoms with Gasteiger partial charge in [-0.15, -0.1) is 11.3 Å². The van der Waals surface area contributed by atoms with E-state index >= 15 is 0 Å². The molecule has 2 rings (SSSR count). The number of nitriles is 1. The van der Waals surface area contributed by atoms with E-state index in [4.69, 9.17) is 11.0 Å². The van der Waals surface area contributed by atoms with Crippen molar-refractivity contribution < 1.29 is 4.79 Å². The van der Waals surface area contributed by atoms with Crippen LogP contribution in [0, 0.1) is 17.2 Å². The van der Waals surface area contributed by atoms with E-state index in [1.165, 1.54) is 24.2 Å². The maximum Gasteiger partial charge on any atom is 0.226 e. The van der Waals surface area contributed by atoms with E-state index in [2.05, 4.69) is 16.3 Å². The van der Waals surface area contributed by atoms with Crippen LogP contribution >= 0.6 is 11.3 Å². The van der Waals surface area contributed by atoms with Gasteiger partial charge in [-0.05, 0) is 37.3 Å². The van der Waals surface area contributed by atoms with Gasteiger partial charge in [0.2, 0.25) is 5.91 Å². The number of nitrogens with two attached hydrogens (primary N) is 1. The number of hydrogen-bond acceptors (Lipinski definition) is 5. The van der Waals surface area contributed by atoms with E-state index in [9.17, 15) is 4.79 Å². The second-order valence-electron chi connectivity index (χ2n) is 5.19. The van der Waals surface area contributed by atoms with E-state index in [1.807, 2.05) is 7.05 Å². The van der Waals surface area contributed by atoms with Crippen molar-refractivity contribution in [1.29, 1.82) is 5.26 Å². The molecule has 0 aromatic carbocycles. The van der Waals surface area contributed by atoms with Gasteiger partial charge in [-0.3, -0.25) is 4.79 Å². The van der Waals surface area contributed by atoms with Crippen molar-refractivity contribution in [3.05, 3.63) is 17.0 Å². The van der Waals surface area contributed by atoms with Crippen LogP contribution in [0.15, 0.2) is 11.4 Å². The molecule has 1 aromatic rings. The Morgan fingerprint density at radius 2 is 2.45 bits per heavy atom. The smallest absolute Gasteiger partial charge is 0.226 e. The third-order valence-corrected chi connectivity index (χ3v) is 4.53. The van der Waals surface area contributed by atoms with Crippen LogP contribution in [0.2, 0.25) is 0 Å². The van der Waals surface area contributed by atoms with E-state index in [1.54, 1.807) is 11.4 Å². The van der Waals surface area contributed by atoms with Crippen molar-refractivity contribution in [1.82, 2.24) is 4.90 Å². The highest BCUT2D eigenvalue weighted by molar-refractivity contribution is 7.14. The van der Waals surface area contributed by atoms with Crippen molar-refractivity contribution in [3.63, 3.8) is 0 Å². The summed E-state index contributed by atoms with van der Waals surface area (Å²) in [5.41, 5.74) is 6.31. The number of nitrogens with zero attached hydrogens (tertiary/aromatic N) is 2. The summed E-state index contributed by atoms with van der Waals surface area (Å²) < 4.78 is 0. The number of carbonyl (C=O) groups is 1. The lowest BCUT2D eigenvalue weighted by Gasteiger charge is -2.26. The molecule has 0 radical (unpaired) electrons. The molecule has 0 saturated heterocycles. The Morgan fingerprint density at radius 3 is 3.05 bits per heavy atom. The first-order valence-electron chi connectivity index (χ1n) is 6.83. The molecule has 1 amide bonds. The molecule has 1 unspecified atom stereocenters. The average Bonchev–Trinajstić information content (AvgIpc) is 3.17. The lowest BCUT2D eigenvalue weighted by atomic mass is 10.1. The molecule has 1 aliphatic carbocycles. The Labute approximate surface area is 123 Å². The fourth-order valence-electron chi connectivity index (χ4n) is 2.34. The Morgan fingerprint density at radius 1 is 1.70 bits per heavy atom. The zero-order chi connectivity index (χ0) is 14.5. The first-order chi connectivity index (χ1) is 9.65. The van der Waals surface area contributed by atoms with Gasteiger partial charge in [-0.2, -0.15) is 5.26 Å². The van der Waals surface area contributed by atoms with Gasteiger partial charge in [0.05, 0.1) is 5.56 Å². The lowest BCUT2D eigenvalue weighted by Crippen LogP contribution is -2.40. The number of anilines is 1. The third-order valence-electron chi connectivity index (χ3n) is 3.70. The topological polar surface area (TPSA) is 82.2 Å². The maximum atomic E-state index is 11.9. The van der Waals surface area contributed by atoms with Gasteiger partial charge < -0.3 is 16.0 Å². The normalized spacial score (nSPS) is 15.9. The number of likely N-dealkylation sites (N-methyl/N-ethyl adjacent to an activating group) is 1. The first kappa shape index (κ1) is 15.0. The van der Waals surface area contributed by atoms with Crippen LogP contribution in [0.5, 0.6) is 0 Å². The highest BCUT2D eigenvalue weighted by atomic mass is 32.1. The number of nitrogens with one attached hydrogen (secondary N) is 1. The molecule has 1 aromatic heterocycles. The van der Waals surface area contributed by atoms with Gasteiger partial charge in [0.25, 0.3) is 0 Å². The monoisotopic (exact) mass is 292 g/mol. The minimum Gasteiger partial charge on any atom is -0.329 e. The number of carbonyl (C=O) groups excluding carboxylic acids is 1. The molecular weight excluding hydrogens is 272 g/mol.